The van der Waals surface area contributed by atoms with Crippen molar-refractivity contribution in [1.82, 2.24) is 15.6 Å². The number of rotatable bonds is 6. The van der Waals surface area contributed by atoms with Crippen LogP contribution in [-0.2, 0) is 11.2 Å². The van der Waals surface area contributed by atoms with Crippen LogP contribution in [0.3, 0.4) is 0 Å². The largest absolute Gasteiger partial charge is 0.445 e. The molecule has 6 heteroatoms. The molecular formula is C17H21N3O3. The normalized spacial score (nSPS) is 11.8. The molecular weight excluding hydrogens is 294 g/mol. The molecule has 0 fully saturated rings. The van der Waals surface area contributed by atoms with Crippen LogP contribution >= 0.6 is 0 Å². The average molecular weight is 315 g/mol. The Kier molecular flexibility index (Phi) is 5.51. The molecule has 0 saturated carbocycles. The highest BCUT2D eigenvalue weighted by Crippen LogP contribution is 2.08. The SMILES string of the molecule is Cc1nc(C(=O)N[C@@H](C)C(=O)NCCc2ccccc2)c(C)o1. The van der Waals surface area contributed by atoms with Crippen LogP contribution in [0.5, 0.6) is 0 Å². The minimum Gasteiger partial charge on any atom is -0.445 e. The van der Waals surface area contributed by atoms with E-state index in [9.17, 15) is 9.59 Å². The molecule has 0 radical (unpaired) electrons. The Morgan fingerprint density at radius 1 is 1.22 bits per heavy atom. The van der Waals surface area contributed by atoms with E-state index in [1.165, 1.54) is 0 Å². The quantitative estimate of drug-likeness (QED) is 0.851. The van der Waals surface area contributed by atoms with Crippen LogP contribution in [0.4, 0.5) is 0 Å². The number of aryl methyl sites for hydroxylation is 2. The van der Waals surface area contributed by atoms with Crippen LogP contribution in [0.25, 0.3) is 0 Å². The summed E-state index contributed by atoms with van der Waals surface area (Å²) < 4.78 is 5.22. The predicted molar refractivity (Wildman–Crippen MR) is 86.1 cm³/mol. The third-order valence-electron chi connectivity index (χ3n) is 3.42. The summed E-state index contributed by atoms with van der Waals surface area (Å²) in [6.07, 6.45) is 0.745. The average Bonchev–Trinajstić information content (AvgIpc) is 2.87. The van der Waals surface area contributed by atoms with Gasteiger partial charge < -0.3 is 15.1 Å². The number of benzene rings is 1. The Bertz CT molecular complexity index is 680. The van der Waals surface area contributed by atoms with Gasteiger partial charge in [0.15, 0.2) is 11.6 Å². The highest BCUT2D eigenvalue weighted by Gasteiger charge is 2.20. The van der Waals surface area contributed by atoms with Gasteiger partial charge in [0.2, 0.25) is 5.91 Å². The molecule has 0 saturated heterocycles. The van der Waals surface area contributed by atoms with Crippen molar-refractivity contribution < 1.29 is 14.0 Å². The van der Waals surface area contributed by atoms with Crippen LogP contribution in [0, 0.1) is 13.8 Å². The molecule has 2 aromatic rings. The number of carbonyl (C=O) groups excluding carboxylic acids is 2. The lowest BCUT2D eigenvalue weighted by Crippen LogP contribution is -2.45. The first-order valence-corrected chi connectivity index (χ1v) is 7.54. The van der Waals surface area contributed by atoms with Crippen LogP contribution in [-0.4, -0.2) is 29.4 Å². The summed E-state index contributed by atoms with van der Waals surface area (Å²) in [5, 5.41) is 5.44. The zero-order valence-electron chi connectivity index (χ0n) is 13.6. The fraction of sp³-hybridized carbons (Fsp3) is 0.353. The van der Waals surface area contributed by atoms with Crippen molar-refractivity contribution in [1.29, 1.82) is 0 Å². The van der Waals surface area contributed by atoms with Crippen LogP contribution < -0.4 is 10.6 Å². The lowest BCUT2D eigenvalue weighted by atomic mass is 10.1. The number of oxazole rings is 1. The second-order valence-corrected chi connectivity index (χ2v) is 5.36. The maximum atomic E-state index is 12.1. The molecule has 2 N–H and O–H groups in total. The van der Waals surface area contributed by atoms with E-state index < -0.39 is 11.9 Å². The number of aromatic nitrogens is 1. The van der Waals surface area contributed by atoms with Gasteiger partial charge in [0, 0.05) is 13.5 Å². The minimum atomic E-state index is -0.644. The molecule has 1 atom stereocenters. The van der Waals surface area contributed by atoms with Gasteiger partial charge in [-0.1, -0.05) is 30.3 Å². The van der Waals surface area contributed by atoms with E-state index in [4.69, 9.17) is 4.42 Å². The Morgan fingerprint density at radius 3 is 2.52 bits per heavy atom. The fourth-order valence-electron chi connectivity index (χ4n) is 2.20. The van der Waals surface area contributed by atoms with E-state index in [1.807, 2.05) is 30.3 Å². The summed E-state index contributed by atoms with van der Waals surface area (Å²) in [5.74, 6) is 0.224. The number of nitrogens with one attached hydrogen (secondary N) is 2. The molecule has 0 bridgehead atoms. The second kappa shape index (κ2) is 7.58. The summed E-state index contributed by atoms with van der Waals surface area (Å²) in [5.41, 5.74) is 1.37. The van der Waals surface area contributed by atoms with Crippen molar-refractivity contribution in [3.8, 4) is 0 Å². The Balaban J connectivity index is 1.80. The van der Waals surface area contributed by atoms with Crippen LogP contribution in [0.15, 0.2) is 34.7 Å². The van der Waals surface area contributed by atoms with E-state index in [2.05, 4.69) is 15.6 Å². The van der Waals surface area contributed by atoms with E-state index >= 15 is 0 Å². The lowest BCUT2D eigenvalue weighted by Gasteiger charge is -2.13. The van der Waals surface area contributed by atoms with Crippen molar-refractivity contribution in [2.75, 3.05) is 6.54 Å². The van der Waals surface area contributed by atoms with Gasteiger partial charge in [-0.25, -0.2) is 4.98 Å². The Morgan fingerprint density at radius 2 is 1.91 bits per heavy atom. The van der Waals surface area contributed by atoms with Crippen molar-refractivity contribution in [3.05, 3.63) is 53.2 Å². The summed E-state index contributed by atoms with van der Waals surface area (Å²) in [6, 6.07) is 9.24. The molecule has 0 aliphatic rings. The molecule has 2 rings (SSSR count). The first kappa shape index (κ1) is 16.7. The maximum absolute atomic E-state index is 12.1. The highest BCUT2D eigenvalue weighted by molar-refractivity contribution is 5.96. The van der Waals surface area contributed by atoms with Crippen molar-refractivity contribution in [3.63, 3.8) is 0 Å². The first-order valence-electron chi connectivity index (χ1n) is 7.54. The fourth-order valence-corrected chi connectivity index (χ4v) is 2.20. The van der Waals surface area contributed by atoms with Crippen molar-refractivity contribution in [2.45, 2.75) is 33.2 Å². The van der Waals surface area contributed by atoms with Gasteiger partial charge in [-0.15, -0.1) is 0 Å². The third kappa shape index (κ3) is 4.67. The van der Waals surface area contributed by atoms with Crippen LogP contribution in [0.1, 0.15) is 34.6 Å². The van der Waals surface area contributed by atoms with Gasteiger partial charge >= 0.3 is 0 Å². The number of carbonyl (C=O) groups is 2. The minimum absolute atomic E-state index is 0.214. The molecule has 1 aromatic heterocycles. The highest BCUT2D eigenvalue weighted by atomic mass is 16.4. The molecule has 1 aromatic carbocycles. The monoisotopic (exact) mass is 315 g/mol. The first-order chi connectivity index (χ1) is 11.0. The van der Waals surface area contributed by atoms with Crippen molar-refractivity contribution >= 4 is 11.8 Å². The van der Waals surface area contributed by atoms with E-state index in [0.717, 1.165) is 12.0 Å². The Hall–Kier alpha value is -2.63. The zero-order valence-corrected chi connectivity index (χ0v) is 13.6. The zero-order chi connectivity index (χ0) is 16.8. The van der Waals surface area contributed by atoms with Gasteiger partial charge in [0.25, 0.3) is 5.91 Å². The second-order valence-electron chi connectivity index (χ2n) is 5.36. The van der Waals surface area contributed by atoms with Gasteiger partial charge in [-0.2, -0.15) is 0 Å². The maximum Gasteiger partial charge on any atom is 0.274 e. The summed E-state index contributed by atoms with van der Waals surface area (Å²) in [7, 11) is 0. The van der Waals surface area contributed by atoms with Gasteiger partial charge in [0.05, 0.1) is 0 Å². The van der Waals surface area contributed by atoms with E-state index in [0.29, 0.717) is 18.2 Å². The molecule has 0 aliphatic carbocycles. The third-order valence-corrected chi connectivity index (χ3v) is 3.42. The molecule has 23 heavy (non-hydrogen) atoms. The van der Waals surface area contributed by atoms with E-state index in [1.54, 1.807) is 20.8 Å². The number of amides is 2. The predicted octanol–water partition coefficient (Wildman–Crippen LogP) is 1.77. The van der Waals surface area contributed by atoms with Gasteiger partial charge in [-0.05, 0) is 25.8 Å². The Labute approximate surface area is 135 Å². The molecule has 0 aliphatic heterocycles. The number of nitrogens with zero attached hydrogens (tertiary/aromatic N) is 1. The van der Waals surface area contributed by atoms with Crippen molar-refractivity contribution in [2.24, 2.45) is 0 Å². The standard InChI is InChI=1S/C17H21N3O3/c1-11(19-17(22)15-12(2)23-13(3)20-15)16(21)18-10-9-14-7-5-4-6-8-14/h4-8,11H,9-10H2,1-3H3,(H,18,21)(H,19,22)/t11-/m0/s1. The summed E-state index contributed by atoms with van der Waals surface area (Å²) >= 11 is 0. The van der Waals surface area contributed by atoms with E-state index in [-0.39, 0.29) is 11.6 Å². The lowest BCUT2D eigenvalue weighted by molar-refractivity contribution is -0.122. The molecule has 0 spiro atoms. The molecule has 122 valence electrons. The molecule has 1 heterocycles. The molecule has 2 amide bonds. The number of hydrogen-bond acceptors (Lipinski definition) is 4. The topological polar surface area (TPSA) is 84.2 Å². The summed E-state index contributed by atoms with van der Waals surface area (Å²) in [4.78, 5) is 28.1. The molecule has 6 nitrogen and oxygen atoms in total. The molecule has 0 unspecified atom stereocenters. The summed E-state index contributed by atoms with van der Waals surface area (Å²) in [6.45, 7) is 5.49. The van der Waals surface area contributed by atoms with Crippen LogP contribution in [0.2, 0.25) is 0 Å². The number of hydrogen-bond donors (Lipinski definition) is 2. The smallest absolute Gasteiger partial charge is 0.274 e. The van der Waals surface area contributed by atoms with Gasteiger partial charge in [0.1, 0.15) is 11.8 Å². The van der Waals surface area contributed by atoms with Gasteiger partial charge in [-0.3, -0.25) is 9.59 Å².